The van der Waals surface area contributed by atoms with Crippen molar-refractivity contribution in [1.82, 2.24) is 26.2 Å². The second kappa shape index (κ2) is 10.8. The topological polar surface area (TPSA) is 103 Å². The van der Waals surface area contributed by atoms with Gasteiger partial charge in [0.15, 0.2) is 0 Å². The Bertz CT molecular complexity index is 383. The number of carbonyl (C=O) groups excluding carboxylic acids is 3. The van der Waals surface area contributed by atoms with Crippen LogP contribution >= 0.6 is 0 Å². The van der Waals surface area contributed by atoms with Crippen LogP contribution in [0, 0.1) is 0 Å². The molecule has 1 aliphatic heterocycles. The summed E-state index contributed by atoms with van der Waals surface area (Å²) in [6.07, 6.45) is 4.56. The number of carbonyl (C=O) groups is 3. The molecule has 0 radical (unpaired) electrons. The van der Waals surface area contributed by atoms with Crippen molar-refractivity contribution >= 4 is 18.3 Å². The van der Waals surface area contributed by atoms with Gasteiger partial charge in [-0.1, -0.05) is 0 Å². The van der Waals surface area contributed by atoms with Gasteiger partial charge in [0.1, 0.15) is 6.04 Å². The maximum Gasteiger partial charge on any atom is 0.314 e. The van der Waals surface area contributed by atoms with Gasteiger partial charge in [-0.2, -0.15) is 0 Å². The van der Waals surface area contributed by atoms with Crippen molar-refractivity contribution in [3.8, 4) is 0 Å². The van der Waals surface area contributed by atoms with Gasteiger partial charge < -0.3 is 26.2 Å². The lowest BCUT2D eigenvalue weighted by molar-refractivity contribution is -0.136. The average Bonchev–Trinajstić information content (AvgIpc) is 2.57. The third-order valence-electron chi connectivity index (χ3n) is 4.11. The molecule has 1 aliphatic rings. The summed E-state index contributed by atoms with van der Waals surface area (Å²) in [5.74, 6) is -0.0278. The van der Waals surface area contributed by atoms with Crippen molar-refractivity contribution in [3.05, 3.63) is 0 Å². The molecule has 1 atom stereocenters. The highest BCUT2D eigenvalue weighted by molar-refractivity contribution is 5.83. The highest BCUT2D eigenvalue weighted by Crippen LogP contribution is 2.13. The van der Waals surface area contributed by atoms with Crippen molar-refractivity contribution in [3.63, 3.8) is 0 Å². The van der Waals surface area contributed by atoms with Gasteiger partial charge in [-0.05, 0) is 45.7 Å². The van der Waals surface area contributed by atoms with E-state index in [1.807, 2.05) is 7.05 Å². The molecule has 1 rings (SSSR count). The summed E-state index contributed by atoms with van der Waals surface area (Å²) in [7, 11) is 3.47. The molecule has 8 heteroatoms. The van der Waals surface area contributed by atoms with Crippen molar-refractivity contribution in [1.29, 1.82) is 0 Å². The summed E-state index contributed by atoms with van der Waals surface area (Å²) < 4.78 is 0. The second-order valence-electron chi connectivity index (χ2n) is 5.76. The van der Waals surface area contributed by atoms with Gasteiger partial charge in [0.05, 0.1) is 0 Å². The van der Waals surface area contributed by atoms with Gasteiger partial charge in [0, 0.05) is 26.2 Å². The monoisotopic (exact) mass is 327 g/mol. The highest BCUT2D eigenvalue weighted by Gasteiger charge is 2.28. The number of likely N-dealkylation sites (tertiary alicyclic amines) is 1. The normalized spacial score (nSPS) is 16.5. The fourth-order valence-electron chi connectivity index (χ4n) is 2.73. The average molecular weight is 327 g/mol. The molecule has 4 N–H and O–H groups in total. The summed E-state index contributed by atoms with van der Waals surface area (Å²) in [6.45, 7) is 2.10. The molecule has 1 saturated heterocycles. The summed E-state index contributed by atoms with van der Waals surface area (Å²) >= 11 is 0. The van der Waals surface area contributed by atoms with Gasteiger partial charge in [-0.25, -0.2) is 4.79 Å². The Kier molecular flexibility index (Phi) is 9.04. The predicted octanol–water partition coefficient (Wildman–Crippen LogP) is -0.589. The molecule has 4 amide bonds. The van der Waals surface area contributed by atoms with E-state index >= 15 is 0 Å². The number of rotatable bonds is 9. The minimum atomic E-state index is -0.451. The van der Waals surface area contributed by atoms with Crippen LogP contribution in [0.3, 0.4) is 0 Å². The van der Waals surface area contributed by atoms with Crippen molar-refractivity contribution in [2.45, 2.75) is 44.2 Å². The lowest BCUT2D eigenvalue weighted by Gasteiger charge is -2.34. The van der Waals surface area contributed by atoms with E-state index in [0.717, 1.165) is 32.2 Å². The number of amides is 4. The zero-order chi connectivity index (χ0) is 17.1. The van der Waals surface area contributed by atoms with E-state index in [-0.39, 0.29) is 18.0 Å². The van der Waals surface area contributed by atoms with E-state index in [1.165, 1.54) is 0 Å². The van der Waals surface area contributed by atoms with Gasteiger partial charge in [0.25, 0.3) is 0 Å². The van der Waals surface area contributed by atoms with Crippen molar-refractivity contribution in [2.24, 2.45) is 0 Å². The molecule has 0 aromatic carbocycles. The fourth-order valence-corrected chi connectivity index (χ4v) is 2.73. The molecular formula is C15H29N5O3. The summed E-state index contributed by atoms with van der Waals surface area (Å²) in [6, 6.07) is -0.556. The van der Waals surface area contributed by atoms with Crippen LogP contribution in [0.25, 0.3) is 0 Å². The molecule has 0 bridgehead atoms. The molecule has 1 unspecified atom stereocenters. The van der Waals surface area contributed by atoms with Crippen LogP contribution in [-0.2, 0) is 9.59 Å². The Morgan fingerprint density at radius 3 is 2.48 bits per heavy atom. The summed E-state index contributed by atoms with van der Waals surface area (Å²) in [4.78, 5) is 36.4. The first-order chi connectivity index (χ1) is 11.1. The molecule has 1 fully saturated rings. The third kappa shape index (κ3) is 6.85. The van der Waals surface area contributed by atoms with Crippen LogP contribution < -0.4 is 21.3 Å². The smallest absolute Gasteiger partial charge is 0.314 e. The molecule has 0 aromatic heterocycles. The number of nitrogens with one attached hydrogen (secondary N) is 4. The fraction of sp³-hybridized carbons (Fsp3) is 0.800. The largest absolute Gasteiger partial charge is 0.347 e. The Morgan fingerprint density at radius 2 is 1.91 bits per heavy atom. The molecule has 23 heavy (non-hydrogen) atoms. The summed E-state index contributed by atoms with van der Waals surface area (Å²) in [5.41, 5.74) is 0. The van der Waals surface area contributed by atoms with Gasteiger partial charge in [-0.3, -0.25) is 9.59 Å². The number of hydrogen-bond donors (Lipinski definition) is 4. The van der Waals surface area contributed by atoms with Gasteiger partial charge in [0.2, 0.25) is 12.3 Å². The molecule has 1 heterocycles. The molecule has 0 saturated carbocycles. The third-order valence-corrected chi connectivity index (χ3v) is 4.11. The Balaban J connectivity index is 2.41. The lowest BCUT2D eigenvalue weighted by Crippen LogP contribution is -2.52. The standard InChI is InChI=1S/C15H29N5O3/c1-16-8-4-3-5-13(18-11-21)14(22)20-9-6-12(7-10-20)19-15(23)17-2/h11-13,16H,3-10H2,1-2H3,(H,18,21)(H2,17,19,23). The van der Waals surface area contributed by atoms with E-state index in [1.54, 1.807) is 11.9 Å². The number of hydrogen-bond acceptors (Lipinski definition) is 4. The first-order valence-corrected chi connectivity index (χ1v) is 8.23. The number of unbranched alkanes of at least 4 members (excludes halogenated alkanes) is 1. The molecule has 0 aromatic rings. The van der Waals surface area contributed by atoms with Crippen LogP contribution in [0.1, 0.15) is 32.1 Å². The Morgan fingerprint density at radius 1 is 1.22 bits per heavy atom. The van der Waals surface area contributed by atoms with Crippen LogP contribution in [-0.4, -0.2) is 69.1 Å². The zero-order valence-electron chi connectivity index (χ0n) is 14.1. The van der Waals surface area contributed by atoms with E-state index < -0.39 is 6.04 Å². The maximum atomic E-state index is 12.5. The Labute approximate surface area is 137 Å². The van der Waals surface area contributed by atoms with Crippen molar-refractivity contribution in [2.75, 3.05) is 33.7 Å². The van der Waals surface area contributed by atoms with E-state index in [2.05, 4.69) is 21.3 Å². The quantitative estimate of drug-likeness (QED) is 0.336. The highest BCUT2D eigenvalue weighted by atomic mass is 16.2. The van der Waals surface area contributed by atoms with Gasteiger partial charge >= 0.3 is 6.03 Å². The van der Waals surface area contributed by atoms with E-state index in [4.69, 9.17) is 0 Å². The molecule has 0 spiro atoms. The second-order valence-corrected chi connectivity index (χ2v) is 5.76. The SMILES string of the molecule is CNCCCCC(NC=O)C(=O)N1CCC(NC(=O)NC)CC1. The minimum Gasteiger partial charge on any atom is -0.347 e. The number of urea groups is 1. The molecule has 132 valence electrons. The molecular weight excluding hydrogens is 298 g/mol. The number of nitrogens with zero attached hydrogens (tertiary/aromatic N) is 1. The van der Waals surface area contributed by atoms with E-state index in [0.29, 0.717) is 25.9 Å². The minimum absolute atomic E-state index is 0.0278. The first kappa shape index (κ1) is 19.2. The first-order valence-electron chi connectivity index (χ1n) is 8.23. The van der Waals surface area contributed by atoms with Crippen LogP contribution in [0.4, 0.5) is 4.79 Å². The Hall–Kier alpha value is -1.83. The molecule has 8 nitrogen and oxygen atoms in total. The van der Waals surface area contributed by atoms with Crippen LogP contribution in [0.5, 0.6) is 0 Å². The van der Waals surface area contributed by atoms with Crippen molar-refractivity contribution < 1.29 is 14.4 Å². The summed E-state index contributed by atoms with van der Waals surface area (Å²) in [5, 5.41) is 11.1. The van der Waals surface area contributed by atoms with Crippen LogP contribution in [0.15, 0.2) is 0 Å². The zero-order valence-corrected chi connectivity index (χ0v) is 14.1. The lowest BCUT2D eigenvalue weighted by atomic mass is 10.0. The number of piperidine rings is 1. The van der Waals surface area contributed by atoms with E-state index in [9.17, 15) is 14.4 Å². The molecule has 0 aliphatic carbocycles. The maximum absolute atomic E-state index is 12.5. The van der Waals surface area contributed by atoms with Crippen LogP contribution in [0.2, 0.25) is 0 Å². The van der Waals surface area contributed by atoms with Gasteiger partial charge in [-0.15, -0.1) is 0 Å². The predicted molar refractivity (Wildman–Crippen MR) is 88.0 cm³/mol.